The molecule has 3 aliphatic carbocycles. The average Bonchev–Trinajstić information content (AvgIpc) is 3.34. The third-order valence-electron chi connectivity index (χ3n) is 8.93. The standard InChI is InChI=1S/C24H32N2O3/c1-23-10-8-19-17(14-25-21-12-15(27)7-9-24(19,21)2)18(23)5-6-20(23)22(28)26-13-16-4-3-11-29-16/h3-4,11-12,17-20,25H,5-10,13-14H2,1-2H3,(H,26,28)/t17-,18-,19-,20+,23-,24+/m0/s1. The summed E-state index contributed by atoms with van der Waals surface area (Å²) in [6.07, 6.45) is 9.52. The van der Waals surface area contributed by atoms with E-state index in [1.54, 1.807) is 6.26 Å². The molecule has 4 aliphatic rings. The second kappa shape index (κ2) is 6.75. The molecule has 1 amide bonds. The zero-order valence-corrected chi connectivity index (χ0v) is 17.5. The Balaban J connectivity index is 1.34. The highest BCUT2D eigenvalue weighted by Crippen LogP contribution is 2.64. The van der Waals surface area contributed by atoms with Gasteiger partial charge in [-0.3, -0.25) is 9.59 Å². The number of hydrogen-bond donors (Lipinski definition) is 2. The number of carbonyl (C=O) groups is 2. The lowest BCUT2D eigenvalue weighted by molar-refractivity contribution is -0.132. The number of allylic oxidation sites excluding steroid dienone is 2. The van der Waals surface area contributed by atoms with Crippen molar-refractivity contribution in [2.24, 2.45) is 34.5 Å². The van der Waals surface area contributed by atoms with Crippen LogP contribution < -0.4 is 10.6 Å². The maximum atomic E-state index is 13.1. The van der Waals surface area contributed by atoms with E-state index in [-0.39, 0.29) is 28.4 Å². The van der Waals surface area contributed by atoms with E-state index in [1.807, 2.05) is 18.2 Å². The van der Waals surface area contributed by atoms with E-state index >= 15 is 0 Å². The summed E-state index contributed by atoms with van der Waals surface area (Å²) in [6.45, 7) is 6.13. The normalized spacial score (nSPS) is 40.9. The van der Waals surface area contributed by atoms with Gasteiger partial charge in [-0.05, 0) is 67.4 Å². The third kappa shape index (κ3) is 2.88. The van der Waals surface area contributed by atoms with Gasteiger partial charge in [0, 0.05) is 36.1 Å². The summed E-state index contributed by atoms with van der Waals surface area (Å²) >= 11 is 0. The van der Waals surface area contributed by atoms with Crippen molar-refractivity contribution < 1.29 is 14.0 Å². The number of rotatable bonds is 3. The maximum absolute atomic E-state index is 13.1. The lowest BCUT2D eigenvalue weighted by Gasteiger charge is -2.58. The molecule has 2 N–H and O–H groups in total. The summed E-state index contributed by atoms with van der Waals surface area (Å²) in [5.41, 5.74) is 1.33. The minimum atomic E-state index is 0.0676. The molecule has 2 heterocycles. The van der Waals surface area contributed by atoms with Crippen LogP contribution in [0.25, 0.3) is 0 Å². The highest BCUT2D eigenvalue weighted by atomic mass is 16.3. The molecule has 0 radical (unpaired) electrons. The lowest BCUT2D eigenvalue weighted by Crippen LogP contribution is -2.57. The van der Waals surface area contributed by atoms with Gasteiger partial charge < -0.3 is 15.1 Å². The SMILES string of the molecule is C[C@]12CC[C@H]3[C@@H](CNC4=CC(=O)CC[C@@]43C)[C@@H]1CC[C@@H]2C(=O)NCc1ccco1. The first-order chi connectivity index (χ1) is 13.9. The van der Waals surface area contributed by atoms with Gasteiger partial charge in [0.15, 0.2) is 5.78 Å². The van der Waals surface area contributed by atoms with Crippen molar-refractivity contribution in [1.82, 2.24) is 10.6 Å². The zero-order chi connectivity index (χ0) is 20.2. The van der Waals surface area contributed by atoms with E-state index in [2.05, 4.69) is 24.5 Å². The summed E-state index contributed by atoms with van der Waals surface area (Å²) in [6, 6.07) is 3.76. The van der Waals surface area contributed by atoms with Crippen molar-refractivity contribution in [3.05, 3.63) is 35.9 Å². The molecule has 0 spiro atoms. The van der Waals surface area contributed by atoms with E-state index in [9.17, 15) is 9.59 Å². The largest absolute Gasteiger partial charge is 0.467 e. The summed E-state index contributed by atoms with van der Waals surface area (Å²) in [4.78, 5) is 25.0. The quantitative estimate of drug-likeness (QED) is 0.815. The van der Waals surface area contributed by atoms with Crippen LogP contribution in [0.4, 0.5) is 0 Å². The first-order valence-corrected chi connectivity index (χ1v) is 11.2. The first kappa shape index (κ1) is 19.0. The fourth-order valence-corrected chi connectivity index (χ4v) is 7.29. The fraction of sp³-hybridized carbons (Fsp3) is 0.667. The van der Waals surface area contributed by atoms with Crippen LogP contribution in [0.2, 0.25) is 0 Å². The molecule has 1 aliphatic heterocycles. The number of furan rings is 1. The van der Waals surface area contributed by atoms with Crippen LogP contribution in [0.3, 0.4) is 0 Å². The molecule has 156 valence electrons. The van der Waals surface area contributed by atoms with Crippen molar-refractivity contribution in [1.29, 1.82) is 0 Å². The molecule has 2 saturated carbocycles. The molecule has 29 heavy (non-hydrogen) atoms. The van der Waals surface area contributed by atoms with E-state index in [4.69, 9.17) is 4.42 Å². The van der Waals surface area contributed by atoms with Gasteiger partial charge >= 0.3 is 0 Å². The van der Waals surface area contributed by atoms with Crippen LogP contribution in [0.1, 0.15) is 58.1 Å². The fourth-order valence-electron chi connectivity index (χ4n) is 7.29. The summed E-state index contributed by atoms with van der Waals surface area (Å²) in [5.74, 6) is 3.11. The van der Waals surface area contributed by atoms with Crippen molar-refractivity contribution >= 4 is 11.7 Å². The van der Waals surface area contributed by atoms with Crippen LogP contribution in [0.5, 0.6) is 0 Å². The predicted molar refractivity (Wildman–Crippen MR) is 110 cm³/mol. The van der Waals surface area contributed by atoms with E-state index in [0.717, 1.165) is 44.4 Å². The number of nitrogens with one attached hydrogen (secondary N) is 2. The van der Waals surface area contributed by atoms with Gasteiger partial charge in [0.1, 0.15) is 5.76 Å². The highest BCUT2D eigenvalue weighted by Gasteiger charge is 2.60. The Morgan fingerprint density at radius 3 is 2.90 bits per heavy atom. The molecule has 5 heteroatoms. The second-order valence-electron chi connectivity index (χ2n) is 10.2. The summed E-state index contributed by atoms with van der Waals surface area (Å²) in [5, 5.41) is 6.76. The van der Waals surface area contributed by atoms with E-state index in [1.165, 1.54) is 5.70 Å². The zero-order valence-electron chi connectivity index (χ0n) is 17.5. The van der Waals surface area contributed by atoms with Gasteiger partial charge in [-0.2, -0.15) is 0 Å². The molecule has 3 fully saturated rings. The summed E-state index contributed by atoms with van der Waals surface area (Å²) in [7, 11) is 0. The van der Waals surface area contributed by atoms with Crippen LogP contribution >= 0.6 is 0 Å². The van der Waals surface area contributed by atoms with Gasteiger partial charge in [0.2, 0.25) is 5.91 Å². The number of amides is 1. The van der Waals surface area contributed by atoms with E-state index < -0.39 is 0 Å². The number of piperidine rings is 1. The van der Waals surface area contributed by atoms with Crippen LogP contribution in [-0.2, 0) is 16.1 Å². The third-order valence-corrected chi connectivity index (χ3v) is 8.93. The second-order valence-corrected chi connectivity index (χ2v) is 10.2. The number of carbonyl (C=O) groups excluding carboxylic acids is 2. The molecule has 1 aromatic rings. The maximum Gasteiger partial charge on any atom is 0.224 e. The molecule has 5 nitrogen and oxygen atoms in total. The average molecular weight is 397 g/mol. The van der Waals surface area contributed by atoms with Crippen molar-refractivity contribution in [2.75, 3.05) is 6.54 Å². The molecular weight excluding hydrogens is 364 g/mol. The van der Waals surface area contributed by atoms with Gasteiger partial charge in [0.05, 0.1) is 12.8 Å². The molecule has 0 aromatic carbocycles. The lowest BCUT2D eigenvalue weighted by atomic mass is 9.50. The monoisotopic (exact) mass is 396 g/mol. The molecule has 0 unspecified atom stereocenters. The first-order valence-electron chi connectivity index (χ1n) is 11.2. The molecule has 1 aromatic heterocycles. The van der Waals surface area contributed by atoms with Crippen molar-refractivity contribution in [3.63, 3.8) is 0 Å². The molecule has 0 bridgehead atoms. The van der Waals surface area contributed by atoms with Gasteiger partial charge in [-0.25, -0.2) is 0 Å². The topological polar surface area (TPSA) is 71.3 Å². The molecular formula is C24H32N2O3. The number of hydrogen-bond acceptors (Lipinski definition) is 4. The van der Waals surface area contributed by atoms with Crippen molar-refractivity contribution in [2.45, 2.75) is 58.9 Å². The molecule has 1 saturated heterocycles. The van der Waals surface area contributed by atoms with Gasteiger partial charge in [-0.1, -0.05) is 13.8 Å². The minimum absolute atomic E-state index is 0.0676. The van der Waals surface area contributed by atoms with Gasteiger partial charge in [0.25, 0.3) is 0 Å². The predicted octanol–water partition coefficient (Wildman–Crippen LogP) is 3.81. The number of fused-ring (bicyclic) bond motifs is 5. The smallest absolute Gasteiger partial charge is 0.224 e. The molecule has 6 atom stereocenters. The Labute approximate surface area is 172 Å². The Hall–Kier alpha value is -2.04. The minimum Gasteiger partial charge on any atom is -0.467 e. The van der Waals surface area contributed by atoms with Crippen LogP contribution in [0.15, 0.2) is 34.6 Å². The number of ketones is 1. The van der Waals surface area contributed by atoms with Crippen LogP contribution in [0, 0.1) is 34.5 Å². The summed E-state index contributed by atoms with van der Waals surface area (Å²) < 4.78 is 5.37. The highest BCUT2D eigenvalue weighted by molar-refractivity contribution is 5.91. The van der Waals surface area contributed by atoms with Crippen molar-refractivity contribution in [3.8, 4) is 0 Å². The Bertz CT molecular complexity index is 844. The van der Waals surface area contributed by atoms with Crippen LogP contribution in [-0.4, -0.2) is 18.2 Å². The molecule has 5 rings (SSSR count). The Morgan fingerprint density at radius 2 is 2.10 bits per heavy atom. The Kier molecular flexibility index (Phi) is 4.41. The van der Waals surface area contributed by atoms with E-state index in [0.29, 0.717) is 30.7 Å². The van der Waals surface area contributed by atoms with Gasteiger partial charge in [-0.15, -0.1) is 0 Å². The Morgan fingerprint density at radius 1 is 1.24 bits per heavy atom.